The second-order valence-corrected chi connectivity index (χ2v) is 7.18. The van der Waals surface area contributed by atoms with Crippen molar-refractivity contribution in [1.82, 2.24) is 5.32 Å². The molecule has 1 heterocycles. The van der Waals surface area contributed by atoms with Gasteiger partial charge in [-0.05, 0) is 24.6 Å². The Bertz CT molecular complexity index is 632. The van der Waals surface area contributed by atoms with Gasteiger partial charge in [-0.3, -0.25) is 4.79 Å². The molecule has 2 unspecified atom stereocenters. The van der Waals surface area contributed by atoms with Crippen LogP contribution in [0.4, 0.5) is 5.69 Å². The number of carbonyl (C=O) groups excluding carboxylic acids is 1. The number of aliphatic hydroxyl groups excluding tert-OH is 1. The third-order valence-corrected chi connectivity index (χ3v) is 4.49. The fraction of sp³-hybridized carbons (Fsp3) is 0.417. The molecule has 1 saturated heterocycles. The lowest BCUT2D eigenvalue weighted by molar-refractivity contribution is -0.117. The average Bonchev–Trinajstić information content (AvgIpc) is 2.77. The molecule has 2 rings (SSSR count). The third kappa shape index (κ3) is 3.49. The van der Waals surface area contributed by atoms with E-state index in [1.165, 1.54) is 18.2 Å². The molecule has 0 spiro atoms. The van der Waals surface area contributed by atoms with E-state index < -0.39 is 22.0 Å². The molecule has 0 aliphatic carbocycles. The molecule has 20 heavy (non-hydrogen) atoms. The molecule has 0 radical (unpaired) electrons. The number of hydrogen-bond acceptors (Lipinski definition) is 5. The van der Waals surface area contributed by atoms with E-state index in [0.29, 0.717) is 13.0 Å². The fourth-order valence-electron chi connectivity index (χ4n) is 1.97. The van der Waals surface area contributed by atoms with E-state index in [1.807, 2.05) is 0 Å². The minimum atomic E-state index is -3.37. The summed E-state index contributed by atoms with van der Waals surface area (Å²) in [6.07, 6.45) is 0.843. The summed E-state index contributed by atoms with van der Waals surface area (Å²) in [4.78, 5) is 12.1. The summed E-state index contributed by atoms with van der Waals surface area (Å²) in [6.45, 7) is 0.356. The number of carbonyl (C=O) groups is 1. The maximum Gasteiger partial charge on any atom is 0.241 e. The van der Waals surface area contributed by atoms with Crippen molar-refractivity contribution in [2.75, 3.05) is 18.1 Å². The summed E-state index contributed by atoms with van der Waals surface area (Å²) >= 11 is 5.95. The van der Waals surface area contributed by atoms with Gasteiger partial charge in [0, 0.05) is 12.8 Å². The smallest absolute Gasteiger partial charge is 0.241 e. The molecule has 110 valence electrons. The summed E-state index contributed by atoms with van der Waals surface area (Å²) in [6, 6.07) is 3.61. The van der Waals surface area contributed by atoms with Crippen LogP contribution in [0.25, 0.3) is 0 Å². The molecule has 1 aromatic rings. The van der Waals surface area contributed by atoms with Crippen LogP contribution in [0.2, 0.25) is 5.02 Å². The monoisotopic (exact) mass is 318 g/mol. The lowest BCUT2D eigenvalue weighted by atomic mass is 10.2. The Morgan fingerprint density at radius 3 is 2.75 bits per heavy atom. The Balaban J connectivity index is 2.18. The molecule has 1 aliphatic rings. The summed E-state index contributed by atoms with van der Waals surface area (Å²) < 4.78 is 23.0. The maximum absolute atomic E-state index is 12.0. The van der Waals surface area contributed by atoms with E-state index >= 15 is 0 Å². The van der Waals surface area contributed by atoms with Crippen molar-refractivity contribution in [3.05, 3.63) is 23.2 Å². The van der Waals surface area contributed by atoms with Gasteiger partial charge in [0.05, 0.1) is 27.8 Å². The number of nitrogens with one attached hydrogen (secondary N) is 2. The van der Waals surface area contributed by atoms with Crippen molar-refractivity contribution in [3.8, 4) is 0 Å². The summed E-state index contributed by atoms with van der Waals surface area (Å²) in [7, 11) is -3.37. The zero-order chi connectivity index (χ0) is 14.9. The summed E-state index contributed by atoms with van der Waals surface area (Å²) in [5.74, 6) is -0.353. The second kappa shape index (κ2) is 5.69. The highest BCUT2D eigenvalue weighted by Gasteiger charge is 2.28. The number of hydrogen-bond donors (Lipinski definition) is 3. The topological polar surface area (TPSA) is 95.5 Å². The predicted molar refractivity (Wildman–Crippen MR) is 75.6 cm³/mol. The number of amides is 1. The van der Waals surface area contributed by atoms with Crippen LogP contribution >= 0.6 is 11.6 Å². The van der Waals surface area contributed by atoms with E-state index in [2.05, 4.69) is 10.6 Å². The van der Waals surface area contributed by atoms with Crippen LogP contribution in [-0.2, 0) is 14.6 Å². The van der Waals surface area contributed by atoms with E-state index in [1.54, 1.807) is 0 Å². The molecule has 1 fully saturated rings. The van der Waals surface area contributed by atoms with Crippen LogP contribution in [0, 0.1) is 0 Å². The fourth-order valence-corrected chi connectivity index (χ4v) is 2.78. The number of sulfone groups is 1. The van der Waals surface area contributed by atoms with Crippen molar-refractivity contribution >= 4 is 33.0 Å². The van der Waals surface area contributed by atoms with E-state index in [0.717, 1.165) is 6.26 Å². The lowest BCUT2D eigenvalue weighted by Crippen LogP contribution is -2.35. The van der Waals surface area contributed by atoms with Gasteiger partial charge in [-0.1, -0.05) is 11.6 Å². The first-order valence-electron chi connectivity index (χ1n) is 5.99. The normalized spacial score (nSPS) is 22.8. The van der Waals surface area contributed by atoms with Crippen molar-refractivity contribution in [2.45, 2.75) is 23.5 Å². The van der Waals surface area contributed by atoms with Crippen molar-refractivity contribution in [2.24, 2.45) is 0 Å². The molecule has 2 atom stereocenters. The largest absolute Gasteiger partial charge is 0.392 e. The molecule has 1 amide bonds. The summed E-state index contributed by atoms with van der Waals surface area (Å²) in [5.41, 5.74) is 0.239. The van der Waals surface area contributed by atoms with Gasteiger partial charge in [-0.2, -0.15) is 0 Å². The van der Waals surface area contributed by atoms with Crippen molar-refractivity contribution in [1.29, 1.82) is 0 Å². The molecule has 1 aliphatic heterocycles. The molecule has 8 heteroatoms. The van der Waals surface area contributed by atoms with E-state index in [4.69, 9.17) is 11.6 Å². The number of benzene rings is 1. The Hall–Kier alpha value is -1.15. The molecular weight excluding hydrogens is 304 g/mol. The highest BCUT2D eigenvalue weighted by atomic mass is 35.5. The number of rotatable bonds is 3. The highest BCUT2D eigenvalue weighted by Crippen LogP contribution is 2.25. The Kier molecular flexibility index (Phi) is 4.33. The van der Waals surface area contributed by atoms with E-state index in [9.17, 15) is 18.3 Å². The predicted octanol–water partition coefficient (Wildman–Crippen LogP) is 0.405. The molecule has 1 aromatic carbocycles. The standard InChI is InChI=1S/C12H15ClN2O4S/c1-20(18,19)8-2-3-9(13)10(5-8)15-12(17)11-4-7(16)6-14-11/h2-3,5,7,11,14,16H,4,6H2,1H3,(H,15,17). The first-order valence-corrected chi connectivity index (χ1v) is 8.26. The highest BCUT2D eigenvalue weighted by molar-refractivity contribution is 7.90. The van der Waals surface area contributed by atoms with Crippen molar-refractivity contribution < 1.29 is 18.3 Å². The number of halogens is 1. The number of β-amino-alcohol motifs (C(OH)–C–C–N with tert-alkyl or cyclic N) is 1. The van der Waals surface area contributed by atoms with Gasteiger partial charge < -0.3 is 15.7 Å². The van der Waals surface area contributed by atoms with Crippen LogP contribution in [0.5, 0.6) is 0 Å². The second-order valence-electron chi connectivity index (χ2n) is 4.75. The Morgan fingerprint density at radius 1 is 1.50 bits per heavy atom. The SMILES string of the molecule is CS(=O)(=O)c1ccc(Cl)c(NC(=O)C2CC(O)CN2)c1. The van der Waals surface area contributed by atoms with Gasteiger partial charge in [0.15, 0.2) is 9.84 Å². The van der Waals surface area contributed by atoms with Gasteiger partial charge >= 0.3 is 0 Å². The zero-order valence-electron chi connectivity index (χ0n) is 10.8. The van der Waals surface area contributed by atoms with E-state index in [-0.39, 0.29) is 21.5 Å². The first-order chi connectivity index (χ1) is 9.27. The number of aliphatic hydroxyl groups is 1. The molecule has 0 saturated carbocycles. The van der Waals surface area contributed by atoms with Crippen LogP contribution in [-0.4, -0.2) is 44.4 Å². The quantitative estimate of drug-likeness (QED) is 0.750. The van der Waals surface area contributed by atoms with Gasteiger partial charge in [-0.25, -0.2) is 8.42 Å². The average molecular weight is 319 g/mol. The van der Waals surface area contributed by atoms with Gasteiger partial charge in [0.25, 0.3) is 0 Å². The van der Waals surface area contributed by atoms with Crippen LogP contribution in [0.15, 0.2) is 23.1 Å². The van der Waals surface area contributed by atoms with Crippen LogP contribution < -0.4 is 10.6 Å². The zero-order valence-corrected chi connectivity index (χ0v) is 12.3. The lowest BCUT2D eigenvalue weighted by Gasteiger charge is -2.13. The maximum atomic E-state index is 12.0. The summed E-state index contributed by atoms with van der Waals surface area (Å²) in [5, 5.41) is 15.1. The van der Waals surface area contributed by atoms with Crippen molar-refractivity contribution in [3.63, 3.8) is 0 Å². The van der Waals surface area contributed by atoms with Gasteiger partial charge in [-0.15, -0.1) is 0 Å². The molecule has 3 N–H and O–H groups in total. The van der Waals surface area contributed by atoms with Gasteiger partial charge in [0.2, 0.25) is 5.91 Å². The third-order valence-electron chi connectivity index (χ3n) is 3.05. The minimum Gasteiger partial charge on any atom is -0.392 e. The van der Waals surface area contributed by atoms with Gasteiger partial charge in [0.1, 0.15) is 0 Å². The molecular formula is C12H15ClN2O4S. The van der Waals surface area contributed by atoms with Crippen LogP contribution in [0.3, 0.4) is 0 Å². The minimum absolute atomic E-state index is 0.0802. The Morgan fingerprint density at radius 2 is 2.20 bits per heavy atom. The Labute approximate surface area is 122 Å². The molecule has 0 aromatic heterocycles. The van der Waals surface area contributed by atoms with Crippen LogP contribution in [0.1, 0.15) is 6.42 Å². The molecule has 0 bridgehead atoms. The first kappa shape index (κ1) is 15.2. The number of anilines is 1. The molecule has 6 nitrogen and oxygen atoms in total.